The standard InChI is InChI=1S/C5H10O3.Na.H/c1-5(2,8)3-4(6)7;;/h8H,3H2,1-2H3,(H,6,7);;/q;+1;-1. The van der Waals surface area contributed by atoms with Gasteiger partial charge in [-0.15, -0.1) is 0 Å². The van der Waals surface area contributed by atoms with Crippen molar-refractivity contribution in [1.29, 1.82) is 0 Å². The summed E-state index contributed by atoms with van der Waals surface area (Å²) in [5, 5.41) is 16.9. The van der Waals surface area contributed by atoms with E-state index in [9.17, 15) is 4.79 Å². The predicted molar refractivity (Wildman–Crippen MR) is 29.7 cm³/mol. The second-order valence-corrected chi connectivity index (χ2v) is 2.38. The Kier molecular flexibility index (Phi) is 5.77. The fraction of sp³-hybridized carbons (Fsp3) is 0.800. The molecule has 0 aliphatic heterocycles. The van der Waals surface area contributed by atoms with Gasteiger partial charge in [0.05, 0.1) is 12.0 Å². The van der Waals surface area contributed by atoms with E-state index >= 15 is 0 Å². The summed E-state index contributed by atoms with van der Waals surface area (Å²) in [4.78, 5) is 9.85. The van der Waals surface area contributed by atoms with Crippen molar-refractivity contribution in [3.63, 3.8) is 0 Å². The first-order valence-electron chi connectivity index (χ1n) is 2.36. The van der Waals surface area contributed by atoms with Crippen LogP contribution >= 0.6 is 0 Å². The summed E-state index contributed by atoms with van der Waals surface area (Å²) in [6.07, 6.45) is -0.201. The fourth-order valence-corrected chi connectivity index (χ4v) is 0.370. The molecule has 0 amide bonds. The first kappa shape index (κ1) is 12.1. The van der Waals surface area contributed by atoms with Gasteiger partial charge in [-0.3, -0.25) is 4.79 Å². The quantitative estimate of drug-likeness (QED) is 0.414. The molecule has 0 radical (unpaired) electrons. The number of carbonyl (C=O) groups is 1. The Morgan fingerprint density at radius 1 is 1.67 bits per heavy atom. The van der Waals surface area contributed by atoms with Crippen molar-refractivity contribution in [1.82, 2.24) is 0 Å². The van der Waals surface area contributed by atoms with Crippen molar-refractivity contribution in [2.45, 2.75) is 25.9 Å². The number of hydrogen-bond acceptors (Lipinski definition) is 2. The van der Waals surface area contributed by atoms with Gasteiger partial charge in [0.25, 0.3) is 0 Å². The molecule has 0 aliphatic rings. The van der Waals surface area contributed by atoms with Gasteiger partial charge in [-0.05, 0) is 13.8 Å². The van der Waals surface area contributed by atoms with Crippen molar-refractivity contribution in [2.75, 3.05) is 0 Å². The second kappa shape index (κ2) is 4.28. The Morgan fingerprint density at radius 3 is 2.00 bits per heavy atom. The fourth-order valence-electron chi connectivity index (χ4n) is 0.370. The molecule has 0 aromatic carbocycles. The maximum absolute atomic E-state index is 9.85. The zero-order chi connectivity index (χ0) is 6.78. The average Bonchev–Trinajstić information content (AvgIpc) is 1.21. The summed E-state index contributed by atoms with van der Waals surface area (Å²) in [7, 11) is 0. The van der Waals surface area contributed by atoms with Crippen LogP contribution in [0.15, 0.2) is 0 Å². The van der Waals surface area contributed by atoms with Gasteiger partial charge in [-0.25, -0.2) is 0 Å². The SMILES string of the molecule is CC(C)(O)CC(=O)O.[H-].[Na+]. The van der Waals surface area contributed by atoms with Gasteiger partial charge in [-0.2, -0.15) is 0 Å². The predicted octanol–water partition coefficient (Wildman–Crippen LogP) is -2.65. The van der Waals surface area contributed by atoms with Crippen LogP contribution in [-0.2, 0) is 4.79 Å². The molecule has 2 N–H and O–H groups in total. The smallest absolute Gasteiger partial charge is 1.00 e. The van der Waals surface area contributed by atoms with E-state index in [4.69, 9.17) is 10.2 Å². The molecule has 50 valence electrons. The number of aliphatic carboxylic acids is 1. The van der Waals surface area contributed by atoms with Crippen LogP contribution in [0.4, 0.5) is 0 Å². The van der Waals surface area contributed by atoms with Gasteiger partial charge >= 0.3 is 35.5 Å². The molecule has 4 heteroatoms. The van der Waals surface area contributed by atoms with Crippen LogP contribution in [0.2, 0.25) is 0 Å². The Morgan fingerprint density at radius 2 is 2.00 bits per heavy atom. The largest absolute Gasteiger partial charge is 1.00 e. The minimum Gasteiger partial charge on any atom is -1.00 e. The van der Waals surface area contributed by atoms with E-state index in [0.717, 1.165) is 0 Å². The zero-order valence-corrected chi connectivity index (χ0v) is 8.01. The monoisotopic (exact) mass is 142 g/mol. The number of carboxylic acids is 1. The van der Waals surface area contributed by atoms with Crippen molar-refractivity contribution in [3.8, 4) is 0 Å². The zero-order valence-electron chi connectivity index (χ0n) is 7.01. The summed E-state index contributed by atoms with van der Waals surface area (Å²) >= 11 is 0. The molecule has 3 nitrogen and oxygen atoms in total. The number of carboxylic acid groups (broad SMARTS) is 1. The molecule has 0 aromatic rings. The summed E-state index contributed by atoms with van der Waals surface area (Å²) in [5.41, 5.74) is -1.08. The molecule has 9 heavy (non-hydrogen) atoms. The molecule has 0 saturated heterocycles. The second-order valence-electron chi connectivity index (χ2n) is 2.38. The van der Waals surface area contributed by atoms with E-state index in [2.05, 4.69) is 0 Å². The van der Waals surface area contributed by atoms with Crippen molar-refractivity contribution in [3.05, 3.63) is 0 Å². The molecular weight excluding hydrogens is 131 g/mol. The Labute approximate surface area is 77.8 Å². The van der Waals surface area contributed by atoms with E-state index < -0.39 is 11.6 Å². The third-order valence-electron chi connectivity index (χ3n) is 0.584. The molecule has 0 bridgehead atoms. The van der Waals surface area contributed by atoms with Gasteiger partial charge in [-0.1, -0.05) is 0 Å². The molecule has 0 unspecified atom stereocenters. The normalized spacial score (nSPS) is 10.1. The Hall–Kier alpha value is 0.430. The Bertz CT molecular complexity index is 99.6. The van der Waals surface area contributed by atoms with Crippen molar-refractivity contribution in [2.24, 2.45) is 0 Å². The summed E-state index contributed by atoms with van der Waals surface area (Å²) in [6.45, 7) is 2.92. The van der Waals surface area contributed by atoms with Gasteiger partial charge in [0.15, 0.2) is 0 Å². The van der Waals surface area contributed by atoms with Gasteiger partial charge < -0.3 is 11.6 Å². The van der Waals surface area contributed by atoms with Crippen LogP contribution in [0.5, 0.6) is 0 Å². The number of aliphatic hydroxyl groups is 1. The topological polar surface area (TPSA) is 57.5 Å². The van der Waals surface area contributed by atoms with E-state index in [1.54, 1.807) is 0 Å². The van der Waals surface area contributed by atoms with E-state index in [0.29, 0.717) is 0 Å². The van der Waals surface area contributed by atoms with E-state index in [-0.39, 0.29) is 37.4 Å². The van der Waals surface area contributed by atoms with Crippen LogP contribution in [0.1, 0.15) is 21.7 Å². The first-order valence-corrected chi connectivity index (χ1v) is 2.36. The first-order chi connectivity index (χ1) is 3.42. The van der Waals surface area contributed by atoms with Crippen LogP contribution in [0.3, 0.4) is 0 Å². The summed E-state index contributed by atoms with van der Waals surface area (Å²) in [6, 6.07) is 0. The minimum absolute atomic E-state index is 0. The maximum atomic E-state index is 9.85. The average molecular weight is 142 g/mol. The summed E-state index contributed by atoms with van der Waals surface area (Å²) in [5.74, 6) is -0.975. The van der Waals surface area contributed by atoms with E-state index in [1.807, 2.05) is 0 Å². The minimum atomic E-state index is -1.08. The molecule has 0 aromatic heterocycles. The van der Waals surface area contributed by atoms with Crippen LogP contribution in [0.25, 0.3) is 0 Å². The Balaban J connectivity index is -0.000000245. The molecule has 0 saturated carbocycles. The van der Waals surface area contributed by atoms with E-state index in [1.165, 1.54) is 13.8 Å². The molecule has 0 heterocycles. The molecule has 0 fully saturated rings. The van der Waals surface area contributed by atoms with Crippen molar-refractivity contribution < 1.29 is 46.0 Å². The van der Waals surface area contributed by atoms with Crippen LogP contribution in [-0.4, -0.2) is 21.8 Å². The van der Waals surface area contributed by atoms with Crippen LogP contribution in [0, 0.1) is 0 Å². The van der Waals surface area contributed by atoms with Crippen molar-refractivity contribution >= 4 is 5.97 Å². The molecule has 0 aliphatic carbocycles. The summed E-state index contributed by atoms with van der Waals surface area (Å²) < 4.78 is 0. The third-order valence-corrected chi connectivity index (χ3v) is 0.584. The van der Waals surface area contributed by atoms with Gasteiger partial charge in [0.2, 0.25) is 0 Å². The molecule has 0 atom stereocenters. The van der Waals surface area contributed by atoms with Gasteiger partial charge in [0.1, 0.15) is 0 Å². The molecule has 0 rings (SSSR count). The number of rotatable bonds is 2. The number of hydrogen-bond donors (Lipinski definition) is 2. The molecular formula is C5H11NaO3. The van der Waals surface area contributed by atoms with Crippen LogP contribution < -0.4 is 29.6 Å². The molecule has 0 spiro atoms. The maximum Gasteiger partial charge on any atom is 1.00 e. The van der Waals surface area contributed by atoms with Gasteiger partial charge in [0, 0.05) is 0 Å². The third kappa shape index (κ3) is 11.8.